The lowest BCUT2D eigenvalue weighted by molar-refractivity contribution is -0.125. The van der Waals surface area contributed by atoms with Gasteiger partial charge in [0, 0.05) is 23.9 Å². The molecule has 1 amide bonds. The minimum absolute atomic E-state index is 0.113. The molecule has 0 aromatic carbocycles. The Labute approximate surface area is 148 Å². The first-order valence-electron chi connectivity index (χ1n) is 8.60. The minimum atomic E-state index is -1.13. The van der Waals surface area contributed by atoms with Crippen LogP contribution in [0.1, 0.15) is 53.4 Å². The Bertz CT molecular complexity index is 482. The summed E-state index contributed by atoms with van der Waals surface area (Å²) >= 11 is 5.90. The number of halogens is 2. The number of hydrogen-bond donors (Lipinski definition) is 4. The number of carbonyl (C=O) groups excluding carboxylic acids is 1. The van der Waals surface area contributed by atoms with Crippen molar-refractivity contribution in [1.29, 1.82) is 0 Å². The van der Waals surface area contributed by atoms with Crippen molar-refractivity contribution < 1.29 is 9.18 Å². The van der Waals surface area contributed by atoms with Crippen LogP contribution in [-0.4, -0.2) is 41.2 Å². The molecule has 138 valence electrons. The second kappa shape index (κ2) is 7.97. The maximum Gasteiger partial charge on any atom is 0.229 e. The first-order chi connectivity index (χ1) is 11.1. The van der Waals surface area contributed by atoms with E-state index in [-0.39, 0.29) is 30.0 Å². The predicted molar refractivity (Wildman–Crippen MR) is 94.5 cm³/mol. The van der Waals surface area contributed by atoms with Gasteiger partial charge in [0.2, 0.25) is 5.91 Å². The minimum Gasteiger partial charge on any atom is -0.351 e. The molecule has 1 saturated carbocycles. The number of hydrazine groups is 1. The number of rotatable bonds is 2. The van der Waals surface area contributed by atoms with E-state index < -0.39 is 11.5 Å². The van der Waals surface area contributed by atoms with Crippen molar-refractivity contribution in [2.24, 2.45) is 10.9 Å². The number of nitrogens with zero attached hydrogens (tertiary/aromatic N) is 1. The molecule has 5 unspecified atom stereocenters. The number of alkyl halides is 2. The topological polar surface area (TPSA) is 77.5 Å². The van der Waals surface area contributed by atoms with E-state index in [2.05, 4.69) is 33.4 Å². The van der Waals surface area contributed by atoms with Crippen molar-refractivity contribution in [2.45, 2.75) is 82.7 Å². The molecule has 1 saturated heterocycles. The summed E-state index contributed by atoms with van der Waals surface area (Å²) in [5, 5.41) is 5.58. The van der Waals surface area contributed by atoms with Gasteiger partial charge in [-0.1, -0.05) is 0 Å². The highest BCUT2D eigenvalue weighted by molar-refractivity contribution is 6.21. The smallest absolute Gasteiger partial charge is 0.229 e. The molecule has 8 heteroatoms. The van der Waals surface area contributed by atoms with Crippen LogP contribution in [0.2, 0.25) is 0 Å². The third kappa shape index (κ3) is 5.86. The Morgan fingerprint density at radius 1 is 1.25 bits per heavy atom. The Morgan fingerprint density at radius 2 is 1.96 bits per heavy atom. The highest BCUT2D eigenvalue weighted by Crippen LogP contribution is 2.30. The molecule has 2 fully saturated rings. The van der Waals surface area contributed by atoms with Crippen molar-refractivity contribution in [2.75, 3.05) is 0 Å². The summed E-state index contributed by atoms with van der Waals surface area (Å²) in [6.45, 7) is 8.04. The quantitative estimate of drug-likeness (QED) is 0.343. The fraction of sp³-hybridized carbons (Fsp3) is 0.875. The average molecular weight is 362 g/mol. The number of carbonyl (C=O) groups is 1. The molecule has 24 heavy (non-hydrogen) atoms. The fourth-order valence-corrected chi connectivity index (χ4v) is 3.15. The van der Waals surface area contributed by atoms with Gasteiger partial charge in [-0.15, -0.1) is 11.6 Å². The highest BCUT2D eigenvalue weighted by Gasteiger charge is 2.33. The van der Waals surface area contributed by atoms with Crippen LogP contribution in [0, 0.1) is 5.92 Å². The van der Waals surface area contributed by atoms with Crippen LogP contribution in [-0.2, 0) is 4.79 Å². The maximum atomic E-state index is 13.8. The van der Waals surface area contributed by atoms with Crippen LogP contribution in [0.5, 0.6) is 0 Å². The second-order valence-electron chi connectivity index (χ2n) is 7.83. The second-order valence-corrected chi connectivity index (χ2v) is 8.39. The number of guanidine groups is 1. The highest BCUT2D eigenvalue weighted by atomic mass is 35.5. The van der Waals surface area contributed by atoms with E-state index >= 15 is 0 Å². The first kappa shape index (κ1) is 19.4. The summed E-state index contributed by atoms with van der Waals surface area (Å²) in [7, 11) is 0. The molecule has 0 radical (unpaired) electrons. The largest absolute Gasteiger partial charge is 0.351 e. The van der Waals surface area contributed by atoms with Gasteiger partial charge in [0.25, 0.3) is 0 Å². The van der Waals surface area contributed by atoms with Crippen LogP contribution in [0.4, 0.5) is 4.39 Å². The first-order valence-corrected chi connectivity index (χ1v) is 9.04. The Morgan fingerprint density at radius 3 is 2.50 bits per heavy atom. The van der Waals surface area contributed by atoms with Gasteiger partial charge in [0.1, 0.15) is 12.3 Å². The van der Waals surface area contributed by atoms with E-state index in [4.69, 9.17) is 11.6 Å². The van der Waals surface area contributed by atoms with Gasteiger partial charge in [-0.25, -0.2) is 14.8 Å². The Hall–Kier alpha value is -0.920. The number of nitrogens with one attached hydrogen (secondary N) is 4. The molecule has 1 heterocycles. The van der Waals surface area contributed by atoms with E-state index in [9.17, 15) is 9.18 Å². The lowest BCUT2D eigenvalue weighted by Gasteiger charge is -2.29. The summed E-state index contributed by atoms with van der Waals surface area (Å²) in [6.07, 6.45) is 0.874. The van der Waals surface area contributed by atoms with Crippen LogP contribution in [0.25, 0.3) is 0 Å². The third-order valence-electron chi connectivity index (χ3n) is 4.16. The van der Waals surface area contributed by atoms with Crippen LogP contribution in [0.15, 0.2) is 4.99 Å². The molecular formula is C16H29ClFN5O. The lowest BCUT2D eigenvalue weighted by Crippen LogP contribution is -2.52. The number of amides is 1. The van der Waals surface area contributed by atoms with E-state index in [1.54, 1.807) is 0 Å². The monoisotopic (exact) mass is 361 g/mol. The Balaban J connectivity index is 2.01. The lowest BCUT2D eigenvalue weighted by atomic mass is 9.87. The summed E-state index contributed by atoms with van der Waals surface area (Å²) < 4.78 is 13.8. The number of hydrogen-bond acceptors (Lipinski definition) is 4. The molecule has 2 aliphatic rings. The van der Waals surface area contributed by atoms with Crippen molar-refractivity contribution in [3.8, 4) is 0 Å². The molecule has 0 bridgehead atoms. The summed E-state index contributed by atoms with van der Waals surface area (Å²) in [5.74, 6) is -0.143. The van der Waals surface area contributed by atoms with E-state index in [0.717, 1.165) is 6.42 Å². The van der Waals surface area contributed by atoms with Crippen molar-refractivity contribution >= 4 is 23.5 Å². The molecule has 6 nitrogen and oxygen atoms in total. The SMILES string of the molecule is CC1CC(/N=C(/NC(=O)C2CCC(Cl)C(F)C2)NC(C)(C)C)NN1. The van der Waals surface area contributed by atoms with Gasteiger partial charge in [0.05, 0.1) is 5.38 Å². The van der Waals surface area contributed by atoms with Gasteiger partial charge in [0.15, 0.2) is 5.96 Å². The summed E-state index contributed by atoms with van der Waals surface area (Å²) in [5.41, 5.74) is 5.94. The zero-order chi connectivity index (χ0) is 17.9. The maximum absolute atomic E-state index is 13.8. The predicted octanol–water partition coefficient (Wildman–Crippen LogP) is 1.80. The fourth-order valence-electron chi connectivity index (χ4n) is 2.92. The number of aliphatic imine (C=N–C) groups is 1. The van der Waals surface area contributed by atoms with Gasteiger partial charge >= 0.3 is 0 Å². The Kier molecular flexibility index (Phi) is 6.45. The molecule has 0 aromatic heterocycles. The molecule has 1 aliphatic heterocycles. The van der Waals surface area contributed by atoms with E-state index in [1.807, 2.05) is 20.8 Å². The van der Waals surface area contributed by atoms with Gasteiger partial charge in [-0.3, -0.25) is 15.5 Å². The summed E-state index contributed by atoms with van der Waals surface area (Å²) in [6, 6.07) is 0.316. The van der Waals surface area contributed by atoms with E-state index in [1.165, 1.54) is 0 Å². The van der Waals surface area contributed by atoms with Gasteiger partial charge < -0.3 is 5.32 Å². The van der Waals surface area contributed by atoms with Gasteiger partial charge in [-0.2, -0.15) is 0 Å². The molecule has 4 N–H and O–H groups in total. The molecule has 1 aliphatic carbocycles. The van der Waals surface area contributed by atoms with Crippen LogP contribution >= 0.6 is 11.6 Å². The van der Waals surface area contributed by atoms with Crippen molar-refractivity contribution in [3.63, 3.8) is 0 Å². The van der Waals surface area contributed by atoms with Crippen molar-refractivity contribution in [3.05, 3.63) is 0 Å². The molecule has 2 rings (SSSR count). The van der Waals surface area contributed by atoms with Crippen molar-refractivity contribution in [1.82, 2.24) is 21.5 Å². The van der Waals surface area contributed by atoms with Gasteiger partial charge in [-0.05, 0) is 47.0 Å². The van der Waals surface area contributed by atoms with Crippen LogP contribution in [0.3, 0.4) is 0 Å². The molecular weight excluding hydrogens is 333 g/mol. The molecule has 0 spiro atoms. The third-order valence-corrected chi connectivity index (χ3v) is 4.65. The zero-order valence-electron chi connectivity index (χ0n) is 14.8. The zero-order valence-corrected chi connectivity index (χ0v) is 15.6. The molecule has 0 aromatic rings. The standard InChI is InChI=1S/C16H29ClFN5O/c1-9-7-13(23-22-9)19-15(21-16(2,3)4)20-14(24)10-5-6-11(17)12(18)8-10/h9-13,22-23H,5-8H2,1-4H3,(H2,19,20,21,24). The van der Waals surface area contributed by atoms with E-state index in [0.29, 0.717) is 24.8 Å². The normalized spacial score (nSPS) is 34.9. The molecule has 5 atom stereocenters. The summed E-state index contributed by atoms with van der Waals surface area (Å²) in [4.78, 5) is 17.1. The van der Waals surface area contributed by atoms with Crippen LogP contribution < -0.4 is 21.5 Å². The average Bonchev–Trinajstić information content (AvgIpc) is 2.85.